The number of nitrogens with one attached hydrogen (secondary N) is 1. The number of benzene rings is 1. The van der Waals surface area contributed by atoms with Gasteiger partial charge in [-0.2, -0.15) is 0 Å². The van der Waals surface area contributed by atoms with Crippen molar-refractivity contribution in [3.05, 3.63) is 48.5 Å². The zero-order valence-corrected chi connectivity index (χ0v) is 18.5. The van der Waals surface area contributed by atoms with E-state index >= 15 is 0 Å². The second-order valence-corrected chi connectivity index (χ2v) is 9.37. The van der Waals surface area contributed by atoms with E-state index in [0.29, 0.717) is 32.4 Å². The quantitative estimate of drug-likeness (QED) is 0.775. The lowest BCUT2D eigenvalue weighted by Crippen LogP contribution is -2.53. The standard InChI is InChI=1S/C25H32N4O2/c1-18(2)28-24(31)25(9-11-29(12-10-25)23(30)20-6-4-7-20)14-19-5-3-8-21(13-19)22-15-26-17-27-16-22/h3,5,8,13,15-18,20H,4,6-7,9-12,14H2,1-2H3,(H,28,31). The van der Waals surface area contributed by atoms with E-state index in [4.69, 9.17) is 0 Å². The van der Waals surface area contributed by atoms with Crippen molar-refractivity contribution in [3.63, 3.8) is 0 Å². The minimum atomic E-state index is -0.494. The van der Waals surface area contributed by atoms with Crippen molar-refractivity contribution >= 4 is 11.8 Å². The first-order valence-corrected chi connectivity index (χ1v) is 11.4. The molecule has 6 nitrogen and oxygen atoms in total. The van der Waals surface area contributed by atoms with E-state index in [0.717, 1.165) is 36.0 Å². The van der Waals surface area contributed by atoms with Gasteiger partial charge in [-0.05, 0) is 57.1 Å². The number of aromatic nitrogens is 2. The Labute approximate surface area is 184 Å². The Balaban J connectivity index is 1.53. The summed E-state index contributed by atoms with van der Waals surface area (Å²) in [5.41, 5.74) is 2.65. The van der Waals surface area contributed by atoms with E-state index in [-0.39, 0.29) is 23.8 Å². The minimum Gasteiger partial charge on any atom is -0.353 e. The highest BCUT2D eigenvalue weighted by atomic mass is 16.2. The molecule has 2 heterocycles. The van der Waals surface area contributed by atoms with Crippen LogP contribution in [0.15, 0.2) is 43.0 Å². The van der Waals surface area contributed by atoms with Gasteiger partial charge < -0.3 is 10.2 Å². The zero-order valence-electron chi connectivity index (χ0n) is 18.5. The van der Waals surface area contributed by atoms with Crippen molar-refractivity contribution in [1.82, 2.24) is 20.2 Å². The van der Waals surface area contributed by atoms with Crippen LogP contribution in [0.25, 0.3) is 11.1 Å². The highest BCUT2D eigenvalue weighted by Gasteiger charge is 2.43. The summed E-state index contributed by atoms with van der Waals surface area (Å²) in [6.45, 7) is 5.31. The Bertz CT molecular complexity index is 916. The topological polar surface area (TPSA) is 75.2 Å². The summed E-state index contributed by atoms with van der Waals surface area (Å²) >= 11 is 0. The van der Waals surface area contributed by atoms with Crippen molar-refractivity contribution in [2.24, 2.45) is 11.3 Å². The molecule has 0 spiro atoms. The molecule has 2 aliphatic rings. The van der Waals surface area contributed by atoms with Gasteiger partial charge in [-0.15, -0.1) is 0 Å². The van der Waals surface area contributed by atoms with Crippen LogP contribution in [-0.2, 0) is 16.0 Å². The molecule has 1 aliphatic heterocycles. The van der Waals surface area contributed by atoms with Crippen molar-refractivity contribution in [2.75, 3.05) is 13.1 Å². The van der Waals surface area contributed by atoms with Crippen LogP contribution >= 0.6 is 0 Å². The van der Waals surface area contributed by atoms with Crippen LogP contribution in [0.2, 0.25) is 0 Å². The Morgan fingerprint density at radius 1 is 1.13 bits per heavy atom. The number of rotatable bonds is 6. The van der Waals surface area contributed by atoms with Gasteiger partial charge in [0.25, 0.3) is 0 Å². The summed E-state index contributed by atoms with van der Waals surface area (Å²) in [7, 11) is 0. The average Bonchev–Trinajstić information content (AvgIpc) is 2.73. The van der Waals surface area contributed by atoms with Gasteiger partial charge in [-0.1, -0.05) is 30.7 Å². The van der Waals surface area contributed by atoms with Crippen molar-refractivity contribution in [3.8, 4) is 11.1 Å². The van der Waals surface area contributed by atoms with Gasteiger partial charge >= 0.3 is 0 Å². The largest absolute Gasteiger partial charge is 0.353 e. The molecule has 1 aromatic heterocycles. The predicted octanol–water partition coefficient (Wildman–Crippen LogP) is 3.62. The van der Waals surface area contributed by atoms with Gasteiger partial charge in [0.1, 0.15) is 6.33 Å². The molecule has 2 aromatic rings. The van der Waals surface area contributed by atoms with Crippen LogP contribution in [0.4, 0.5) is 0 Å². The molecular formula is C25H32N4O2. The van der Waals surface area contributed by atoms with E-state index in [1.54, 1.807) is 12.4 Å². The van der Waals surface area contributed by atoms with Gasteiger partial charge in [0.15, 0.2) is 0 Å². The van der Waals surface area contributed by atoms with Crippen LogP contribution in [0.3, 0.4) is 0 Å². The first-order chi connectivity index (χ1) is 15.0. The summed E-state index contributed by atoms with van der Waals surface area (Å²) in [4.78, 5) is 36.3. The maximum Gasteiger partial charge on any atom is 0.226 e. The van der Waals surface area contributed by atoms with Crippen LogP contribution in [-0.4, -0.2) is 45.8 Å². The molecule has 0 radical (unpaired) electrons. The minimum absolute atomic E-state index is 0.0896. The monoisotopic (exact) mass is 420 g/mol. The third-order valence-electron chi connectivity index (χ3n) is 6.75. The van der Waals surface area contributed by atoms with E-state index < -0.39 is 5.41 Å². The predicted molar refractivity (Wildman–Crippen MR) is 120 cm³/mol. The van der Waals surface area contributed by atoms with Crippen molar-refractivity contribution in [1.29, 1.82) is 0 Å². The van der Waals surface area contributed by atoms with Gasteiger partial charge in [0.2, 0.25) is 11.8 Å². The average molecular weight is 421 g/mol. The molecule has 2 fully saturated rings. The summed E-state index contributed by atoms with van der Waals surface area (Å²) < 4.78 is 0. The Morgan fingerprint density at radius 2 is 1.84 bits per heavy atom. The molecule has 164 valence electrons. The Kier molecular flexibility index (Phi) is 6.35. The fraction of sp³-hybridized carbons (Fsp3) is 0.520. The highest BCUT2D eigenvalue weighted by molar-refractivity contribution is 5.84. The normalized spacial score (nSPS) is 18.5. The summed E-state index contributed by atoms with van der Waals surface area (Å²) in [6.07, 6.45) is 10.4. The van der Waals surface area contributed by atoms with Crippen LogP contribution in [0, 0.1) is 11.3 Å². The van der Waals surface area contributed by atoms with Gasteiger partial charge in [-0.25, -0.2) is 9.97 Å². The fourth-order valence-electron chi connectivity index (χ4n) is 4.67. The van der Waals surface area contributed by atoms with Crippen molar-refractivity contribution in [2.45, 2.75) is 58.4 Å². The summed E-state index contributed by atoms with van der Waals surface area (Å²) in [5.74, 6) is 0.601. The molecule has 0 unspecified atom stereocenters. The molecule has 1 saturated heterocycles. The second-order valence-electron chi connectivity index (χ2n) is 9.37. The van der Waals surface area contributed by atoms with Crippen LogP contribution in [0.1, 0.15) is 51.5 Å². The van der Waals surface area contributed by atoms with Gasteiger partial charge in [-0.3, -0.25) is 9.59 Å². The van der Waals surface area contributed by atoms with E-state index in [9.17, 15) is 9.59 Å². The zero-order chi connectivity index (χ0) is 21.8. The van der Waals surface area contributed by atoms with Crippen LogP contribution in [0.5, 0.6) is 0 Å². The number of hydrogen-bond donors (Lipinski definition) is 1. The maximum absolute atomic E-state index is 13.3. The second kappa shape index (κ2) is 9.16. The number of amides is 2. The van der Waals surface area contributed by atoms with Crippen molar-refractivity contribution < 1.29 is 9.59 Å². The first kappa shape index (κ1) is 21.5. The summed E-state index contributed by atoms with van der Waals surface area (Å²) in [6, 6.07) is 8.38. The lowest BCUT2D eigenvalue weighted by atomic mass is 9.72. The Hall–Kier alpha value is -2.76. The number of piperidine rings is 1. The smallest absolute Gasteiger partial charge is 0.226 e. The van der Waals surface area contributed by atoms with E-state index in [2.05, 4.69) is 27.4 Å². The first-order valence-electron chi connectivity index (χ1n) is 11.4. The molecule has 2 amide bonds. The fourth-order valence-corrected chi connectivity index (χ4v) is 4.67. The molecule has 4 rings (SSSR count). The number of nitrogens with zero attached hydrogens (tertiary/aromatic N) is 3. The molecule has 1 aliphatic carbocycles. The maximum atomic E-state index is 13.3. The molecule has 0 atom stereocenters. The number of carbonyl (C=O) groups is 2. The number of carbonyl (C=O) groups excluding carboxylic acids is 2. The van der Waals surface area contributed by atoms with Crippen LogP contribution < -0.4 is 5.32 Å². The molecule has 0 bridgehead atoms. The molecule has 1 aromatic carbocycles. The third kappa shape index (κ3) is 4.78. The SMILES string of the molecule is CC(C)NC(=O)C1(Cc2cccc(-c3cncnc3)c2)CCN(C(=O)C2CCC2)CC1. The third-order valence-corrected chi connectivity index (χ3v) is 6.75. The molecule has 31 heavy (non-hydrogen) atoms. The van der Waals surface area contributed by atoms with E-state index in [1.165, 1.54) is 6.33 Å². The number of likely N-dealkylation sites (tertiary alicyclic amines) is 1. The molecule has 1 N–H and O–H groups in total. The Morgan fingerprint density at radius 3 is 2.45 bits per heavy atom. The molecule has 6 heteroatoms. The molecular weight excluding hydrogens is 388 g/mol. The van der Waals surface area contributed by atoms with E-state index in [1.807, 2.05) is 30.9 Å². The lowest BCUT2D eigenvalue weighted by Gasteiger charge is -2.43. The number of hydrogen-bond acceptors (Lipinski definition) is 4. The lowest BCUT2D eigenvalue weighted by molar-refractivity contribution is -0.145. The van der Waals surface area contributed by atoms with Gasteiger partial charge in [0.05, 0.1) is 5.41 Å². The van der Waals surface area contributed by atoms with Gasteiger partial charge in [0, 0.05) is 43.0 Å². The highest BCUT2D eigenvalue weighted by Crippen LogP contribution is 2.38. The molecule has 1 saturated carbocycles. The summed E-state index contributed by atoms with van der Waals surface area (Å²) in [5, 5.41) is 3.15.